The molecular weight excluding hydrogens is 526 g/mol. The lowest BCUT2D eigenvalue weighted by Gasteiger charge is -2.06. The molecule has 1 aromatic heterocycles. The van der Waals surface area contributed by atoms with Gasteiger partial charge >= 0.3 is 0 Å². The van der Waals surface area contributed by atoms with Gasteiger partial charge in [0.25, 0.3) is 15.9 Å². The number of sulfonamides is 1. The molecule has 4 aromatic rings. The third kappa shape index (κ3) is 5.55. The van der Waals surface area contributed by atoms with Gasteiger partial charge in [-0.1, -0.05) is 63.9 Å². The molecule has 168 valence electrons. The zero-order chi connectivity index (χ0) is 23.6. The van der Waals surface area contributed by atoms with Crippen LogP contribution in [0.3, 0.4) is 0 Å². The first-order valence-corrected chi connectivity index (χ1v) is 12.7. The Bertz CT molecular complexity index is 1480. The molecule has 0 saturated carbocycles. The van der Waals surface area contributed by atoms with Crippen LogP contribution >= 0.6 is 27.5 Å². The zero-order valence-corrected chi connectivity index (χ0v) is 20.7. The number of hydrogen-bond acceptors (Lipinski definition) is 4. The Hall–Kier alpha value is -2.87. The van der Waals surface area contributed by atoms with Crippen molar-refractivity contribution >= 4 is 60.5 Å². The van der Waals surface area contributed by atoms with Gasteiger partial charge in [0, 0.05) is 32.4 Å². The van der Waals surface area contributed by atoms with Gasteiger partial charge in [0.1, 0.15) is 11.3 Å². The molecule has 0 fully saturated rings. The average molecular weight is 545 g/mol. The fraction of sp³-hybridized carbons (Fsp3) is 0.0800. The molecule has 0 aliphatic rings. The molecule has 0 aliphatic carbocycles. The fourth-order valence-corrected chi connectivity index (χ4v) is 4.96. The fourth-order valence-electron chi connectivity index (χ4n) is 3.44. The Kier molecular flexibility index (Phi) is 6.74. The number of fused-ring (bicyclic) bond motifs is 1. The van der Waals surface area contributed by atoms with Gasteiger partial charge < -0.3 is 4.42 Å². The Balaban J connectivity index is 1.60. The van der Waals surface area contributed by atoms with Gasteiger partial charge in [-0.05, 0) is 54.5 Å². The molecule has 0 aliphatic heterocycles. The molecule has 0 bridgehead atoms. The van der Waals surface area contributed by atoms with E-state index in [1.807, 2.05) is 31.2 Å². The SMILES string of the molecule is Cc1oc2ccc(C(=O)NS(=O)(=O)/C=C/c3ccccc3)cc2c1Cc1ccc(Br)cc1Cl. The van der Waals surface area contributed by atoms with Crippen molar-refractivity contribution in [1.29, 1.82) is 0 Å². The summed E-state index contributed by atoms with van der Waals surface area (Å²) < 4.78 is 33.6. The summed E-state index contributed by atoms with van der Waals surface area (Å²) in [6.07, 6.45) is 1.94. The summed E-state index contributed by atoms with van der Waals surface area (Å²) >= 11 is 9.78. The van der Waals surface area contributed by atoms with E-state index in [2.05, 4.69) is 20.7 Å². The van der Waals surface area contributed by atoms with E-state index in [1.165, 1.54) is 12.1 Å². The smallest absolute Gasteiger partial charge is 0.265 e. The van der Waals surface area contributed by atoms with Crippen molar-refractivity contribution in [3.8, 4) is 0 Å². The molecule has 33 heavy (non-hydrogen) atoms. The maximum Gasteiger partial charge on any atom is 0.265 e. The zero-order valence-electron chi connectivity index (χ0n) is 17.5. The van der Waals surface area contributed by atoms with Crippen LogP contribution in [0.25, 0.3) is 17.0 Å². The van der Waals surface area contributed by atoms with Gasteiger partial charge in [-0.3, -0.25) is 4.79 Å². The second kappa shape index (κ2) is 9.55. The highest BCUT2D eigenvalue weighted by atomic mass is 79.9. The number of carbonyl (C=O) groups is 1. The first-order valence-electron chi connectivity index (χ1n) is 9.98. The Morgan fingerprint density at radius 2 is 1.85 bits per heavy atom. The van der Waals surface area contributed by atoms with E-state index in [0.717, 1.165) is 26.4 Å². The van der Waals surface area contributed by atoms with Gasteiger partial charge in [-0.2, -0.15) is 0 Å². The van der Waals surface area contributed by atoms with Crippen LogP contribution in [0, 0.1) is 6.92 Å². The number of hydrogen-bond donors (Lipinski definition) is 1. The second-order valence-electron chi connectivity index (χ2n) is 7.45. The van der Waals surface area contributed by atoms with E-state index in [1.54, 1.807) is 36.4 Å². The number of halogens is 2. The predicted molar refractivity (Wildman–Crippen MR) is 135 cm³/mol. The summed E-state index contributed by atoms with van der Waals surface area (Å²) in [5.41, 5.74) is 3.33. The highest BCUT2D eigenvalue weighted by molar-refractivity contribution is 9.10. The quantitative estimate of drug-likeness (QED) is 0.301. The van der Waals surface area contributed by atoms with Crippen LogP contribution in [-0.2, 0) is 16.4 Å². The molecule has 0 radical (unpaired) electrons. The highest BCUT2D eigenvalue weighted by Gasteiger charge is 2.18. The maximum atomic E-state index is 12.7. The van der Waals surface area contributed by atoms with Crippen LogP contribution in [0.4, 0.5) is 0 Å². The van der Waals surface area contributed by atoms with Crippen LogP contribution in [-0.4, -0.2) is 14.3 Å². The largest absolute Gasteiger partial charge is 0.461 e. The van der Waals surface area contributed by atoms with E-state index in [0.29, 0.717) is 28.4 Å². The van der Waals surface area contributed by atoms with Gasteiger partial charge in [0.2, 0.25) is 0 Å². The van der Waals surface area contributed by atoms with Crippen molar-refractivity contribution in [2.24, 2.45) is 0 Å². The lowest BCUT2D eigenvalue weighted by molar-refractivity contribution is 0.0982. The molecule has 3 aromatic carbocycles. The first kappa shape index (κ1) is 23.3. The Morgan fingerprint density at radius 1 is 1.09 bits per heavy atom. The van der Waals surface area contributed by atoms with Crippen molar-refractivity contribution in [1.82, 2.24) is 4.72 Å². The second-order valence-corrected chi connectivity index (χ2v) is 10.3. The monoisotopic (exact) mass is 543 g/mol. The molecule has 5 nitrogen and oxygen atoms in total. The van der Waals surface area contributed by atoms with E-state index in [9.17, 15) is 13.2 Å². The van der Waals surface area contributed by atoms with Crippen molar-refractivity contribution < 1.29 is 17.6 Å². The Labute approximate surface area is 205 Å². The van der Waals surface area contributed by atoms with Crippen molar-refractivity contribution in [2.75, 3.05) is 0 Å². The summed E-state index contributed by atoms with van der Waals surface area (Å²) in [6, 6.07) is 19.5. The van der Waals surface area contributed by atoms with Crippen molar-refractivity contribution in [3.63, 3.8) is 0 Å². The van der Waals surface area contributed by atoms with Crippen LogP contribution < -0.4 is 4.72 Å². The summed E-state index contributed by atoms with van der Waals surface area (Å²) in [5.74, 6) is -0.0129. The lowest BCUT2D eigenvalue weighted by atomic mass is 10.0. The lowest BCUT2D eigenvalue weighted by Crippen LogP contribution is -2.28. The van der Waals surface area contributed by atoms with Crippen LogP contribution in [0.1, 0.15) is 32.8 Å². The van der Waals surface area contributed by atoms with Crippen molar-refractivity contribution in [2.45, 2.75) is 13.3 Å². The number of benzene rings is 3. The molecule has 1 N–H and O–H groups in total. The average Bonchev–Trinajstić information content (AvgIpc) is 3.09. The molecule has 8 heteroatoms. The molecular formula is C25H19BrClNO4S. The topological polar surface area (TPSA) is 76.4 Å². The minimum Gasteiger partial charge on any atom is -0.461 e. The number of carbonyl (C=O) groups excluding carboxylic acids is 1. The Morgan fingerprint density at radius 3 is 2.58 bits per heavy atom. The van der Waals surface area contributed by atoms with Gasteiger partial charge in [0.15, 0.2) is 0 Å². The van der Waals surface area contributed by atoms with E-state index in [-0.39, 0.29) is 5.56 Å². The predicted octanol–water partition coefficient (Wildman–Crippen LogP) is 6.48. The number of amides is 1. The third-order valence-corrected chi connectivity index (χ3v) is 6.92. The normalized spacial score (nSPS) is 11.8. The van der Waals surface area contributed by atoms with Gasteiger partial charge in [-0.25, -0.2) is 13.1 Å². The molecule has 0 atom stereocenters. The molecule has 4 rings (SSSR count). The standard InChI is InChI=1S/C25H19BrClNO4S/c1-16-21(13-18-7-9-20(26)15-23(18)27)22-14-19(8-10-24(22)32-16)25(29)28-33(30,31)12-11-17-5-3-2-4-6-17/h2-12,14-15H,13H2,1H3,(H,28,29)/b12-11+. The summed E-state index contributed by atoms with van der Waals surface area (Å²) in [5, 5.41) is 2.32. The third-order valence-electron chi connectivity index (χ3n) is 5.11. The summed E-state index contributed by atoms with van der Waals surface area (Å²) in [7, 11) is -3.97. The van der Waals surface area contributed by atoms with Gasteiger partial charge in [-0.15, -0.1) is 0 Å². The van der Waals surface area contributed by atoms with Crippen LogP contribution in [0.15, 0.2) is 81.0 Å². The number of rotatable bonds is 6. The summed E-state index contributed by atoms with van der Waals surface area (Å²) in [6.45, 7) is 1.85. The minimum atomic E-state index is -3.97. The first-order chi connectivity index (χ1) is 15.7. The van der Waals surface area contributed by atoms with Crippen LogP contribution in [0.2, 0.25) is 5.02 Å². The van der Waals surface area contributed by atoms with Gasteiger partial charge in [0.05, 0.1) is 5.41 Å². The maximum absolute atomic E-state index is 12.7. The van der Waals surface area contributed by atoms with E-state index in [4.69, 9.17) is 16.0 Å². The van der Waals surface area contributed by atoms with Crippen LogP contribution in [0.5, 0.6) is 0 Å². The summed E-state index contributed by atoms with van der Waals surface area (Å²) in [4.78, 5) is 12.7. The number of nitrogens with one attached hydrogen (secondary N) is 1. The minimum absolute atomic E-state index is 0.211. The van der Waals surface area contributed by atoms with E-state index < -0.39 is 15.9 Å². The molecule has 1 heterocycles. The number of furan rings is 1. The van der Waals surface area contributed by atoms with E-state index >= 15 is 0 Å². The molecule has 0 spiro atoms. The molecule has 0 saturated heterocycles. The highest BCUT2D eigenvalue weighted by Crippen LogP contribution is 2.31. The molecule has 0 unspecified atom stereocenters. The van der Waals surface area contributed by atoms with Crippen molar-refractivity contribution in [3.05, 3.63) is 110 Å². The molecule has 1 amide bonds. The number of aryl methyl sites for hydroxylation is 1.